The van der Waals surface area contributed by atoms with E-state index in [1.54, 1.807) is 18.2 Å². The first-order chi connectivity index (χ1) is 18.0. The van der Waals surface area contributed by atoms with Crippen LogP contribution in [0.2, 0.25) is 5.02 Å². The number of rotatable bonds is 11. The number of hydrogen-bond donors (Lipinski definition) is 1. The molecule has 0 spiro atoms. The largest absolute Gasteiger partial charge is 0.495 e. The van der Waals surface area contributed by atoms with Crippen molar-refractivity contribution < 1.29 is 27.1 Å². The number of ether oxygens (including phenoxy) is 1. The van der Waals surface area contributed by atoms with Gasteiger partial charge in [0.05, 0.1) is 24.1 Å². The van der Waals surface area contributed by atoms with E-state index in [9.17, 15) is 22.4 Å². The summed E-state index contributed by atoms with van der Waals surface area (Å²) in [6.07, 6.45) is 1.09. The molecule has 0 heterocycles. The second-order valence-electron chi connectivity index (χ2n) is 8.52. The Morgan fingerprint density at radius 3 is 2.29 bits per heavy atom. The number of carbonyl (C=O) groups is 2. The van der Waals surface area contributed by atoms with Crippen LogP contribution in [0.4, 0.5) is 10.1 Å². The molecular weight excluding hydrogens is 533 g/mol. The summed E-state index contributed by atoms with van der Waals surface area (Å²) in [7, 11) is -1.10. The highest BCUT2D eigenvalue weighted by atomic mass is 35.5. The SMILES string of the molecule is CNC(=O)C(Cc1ccccc1)N(Cc1ccccc1F)C(=O)CN(c1ccc(OC)c(Cl)c1)S(C)(=O)=O. The number of sulfonamides is 1. The van der Waals surface area contributed by atoms with Crippen LogP contribution in [0.5, 0.6) is 5.75 Å². The van der Waals surface area contributed by atoms with Crippen LogP contribution in [0.1, 0.15) is 11.1 Å². The molecule has 0 fully saturated rings. The Bertz CT molecular complexity index is 1390. The molecule has 3 aromatic rings. The van der Waals surface area contributed by atoms with Crippen LogP contribution in [-0.2, 0) is 32.6 Å². The second kappa shape index (κ2) is 12.7. The van der Waals surface area contributed by atoms with E-state index in [2.05, 4.69) is 5.32 Å². The summed E-state index contributed by atoms with van der Waals surface area (Å²) in [5, 5.41) is 2.72. The number of nitrogens with one attached hydrogen (secondary N) is 1. The first-order valence-corrected chi connectivity index (χ1v) is 13.9. The van der Waals surface area contributed by atoms with E-state index in [-0.39, 0.29) is 29.2 Å². The van der Waals surface area contributed by atoms with Crippen LogP contribution in [0.15, 0.2) is 72.8 Å². The molecule has 0 bridgehead atoms. The molecule has 0 aliphatic carbocycles. The molecule has 1 N–H and O–H groups in total. The summed E-state index contributed by atoms with van der Waals surface area (Å²) in [6, 6.07) is 18.2. The monoisotopic (exact) mass is 561 g/mol. The van der Waals surface area contributed by atoms with Gasteiger partial charge in [-0.15, -0.1) is 0 Å². The highest BCUT2D eigenvalue weighted by Gasteiger charge is 2.33. The summed E-state index contributed by atoms with van der Waals surface area (Å²) in [5.74, 6) is -1.39. The van der Waals surface area contributed by atoms with E-state index < -0.39 is 40.2 Å². The number of anilines is 1. The lowest BCUT2D eigenvalue weighted by Crippen LogP contribution is -2.53. The van der Waals surface area contributed by atoms with E-state index in [0.717, 1.165) is 16.1 Å². The fourth-order valence-corrected chi connectivity index (χ4v) is 5.05. The minimum absolute atomic E-state index is 0.133. The lowest BCUT2D eigenvalue weighted by atomic mass is 10.0. The van der Waals surface area contributed by atoms with Gasteiger partial charge in [0, 0.05) is 25.6 Å². The van der Waals surface area contributed by atoms with Gasteiger partial charge in [-0.25, -0.2) is 12.8 Å². The Labute approximate surface area is 227 Å². The highest BCUT2D eigenvalue weighted by molar-refractivity contribution is 7.92. The fraction of sp³-hybridized carbons (Fsp3) is 0.259. The molecule has 3 aromatic carbocycles. The van der Waals surface area contributed by atoms with Crippen molar-refractivity contribution in [1.29, 1.82) is 0 Å². The van der Waals surface area contributed by atoms with Crippen molar-refractivity contribution in [2.24, 2.45) is 0 Å². The van der Waals surface area contributed by atoms with Crippen LogP contribution in [0, 0.1) is 5.82 Å². The van der Waals surface area contributed by atoms with Crippen molar-refractivity contribution in [3.05, 3.63) is 94.8 Å². The number of benzene rings is 3. The van der Waals surface area contributed by atoms with Gasteiger partial charge in [-0.3, -0.25) is 13.9 Å². The van der Waals surface area contributed by atoms with Gasteiger partial charge in [0.25, 0.3) is 0 Å². The maximum Gasteiger partial charge on any atom is 0.244 e. The number of methoxy groups -OCH3 is 1. The maximum absolute atomic E-state index is 14.6. The van der Waals surface area contributed by atoms with E-state index in [4.69, 9.17) is 16.3 Å². The van der Waals surface area contributed by atoms with Gasteiger partial charge < -0.3 is 15.0 Å². The molecule has 3 rings (SSSR count). The molecule has 8 nitrogen and oxygen atoms in total. The van der Waals surface area contributed by atoms with Crippen molar-refractivity contribution in [1.82, 2.24) is 10.2 Å². The standard InChI is InChI=1S/C27H29ClFN3O5S/c1-30-27(34)24(15-19-9-5-4-6-10-19)31(17-20-11-7-8-12-23(20)29)26(33)18-32(38(3,35)36)21-13-14-25(37-2)22(28)16-21/h4-14,16,24H,15,17-18H2,1-3H3,(H,30,34). The highest BCUT2D eigenvalue weighted by Crippen LogP contribution is 2.30. The van der Waals surface area contributed by atoms with Gasteiger partial charge in [0.15, 0.2) is 0 Å². The van der Waals surface area contributed by atoms with Crippen LogP contribution < -0.4 is 14.4 Å². The molecule has 0 aliphatic heterocycles. The first kappa shape index (κ1) is 28.9. The van der Waals surface area contributed by atoms with Crippen molar-refractivity contribution in [2.75, 3.05) is 31.3 Å². The molecule has 0 saturated carbocycles. The first-order valence-electron chi connectivity index (χ1n) is 11.6. The zero-order valence-electron chi connectivity index (χ0n) is 21.2. The van der Waals surface area contributed by atoms with E-state index in [0.29, 0.717) is 5.75 Å². The summed E-state index contributed by atoms with van der Waals surface area (Å²) in [5.41, 5.74) is 1.09. The molecule has 0 aliphatic rings. The lowest BCUT2D eigenvalue weighted by Gasteiger charge is -2.33. The molecule has 2 amide bonds. The van der Waals surface area contributed by atoms with Gasteiger partial charge in [-0.2, -0.15) is 0 Å². The smallest absolute Gasteiger partial charge is 0.244 e. The number of hydrogen-bond acceptors (Lipinski definition) is 5. The molecule has 0 saturated heterocycles. The van der Waals surface area contributed by atoms with E-state index in [1.807, 2.05) is 18.2 Å². The topological polar surface area (TPSA) is 96.0 Å². The molecule has 202 valence electrons. The minimum atomic E-state index is -3.96. The third kappa shape index (κ3) is 7.23. The quantitative estimate of drug-likeness (QED) is 0.386. The van der Waals surface area contributed by atoms with Crippen molar-refractivity contribution in [3.8, 4) is 5.75 Å². The predicted molar refractivity (Wildman–Crippen MR) is 145 cm³/mol. The molecule has 1 atom stereocenters. The molecule has 0 aromatic heterocycles. The molecule has 0 radical (unpaired) electrons. The van der Waals surface area contributed by atoms with Crippen molar-refractivity contribution in [2.45, 2.75) is 19.0 Å². The summed E-state index contributed by atoms with van der Waals surface area (Å²) in [6.45, 7) is -0.893. The average Bonchev–Trinajstić information content (AvgIpc) is 2.89. The normalized spacial score (nSPS) is 11.9. The number of nitrogens with zero attached hydrogens (tertiary/aromatic N) is 2. The minimum Gasteiger partial charge on any atom is -0.495 e. The third-order valence-corrected chi connectivity index (χ3v) is 7.35. The Hall–Kier alpha value is -3.63. The van der Waals surface area contributed by atoms with Crippen molar-refractivity contribution >= 4 is 39.1 Å². The van der Waals surface area contributed by atoms with E-state index in [1.165, 1.54) is 55.5 Å². The Morgan fingerprint density at radius 2 is 1.71 bits per heavy atom. The average molecular weight is 562 g/mol. The third-order valence-electron chi connectivity index (χ3n) is 5.92. The molecular formula is C27H29ClFN3O5S. The van der Waals surface area contributed by atoms with Gasteiger partial charge in [0.1, 0.15) is 24.2 Å². The van der Waals surface area contributed by atoms with Gasteiger partial charge >= 0.3 is 0 Å². The van der Waals surface area contributed by atoms with Crippen LogP contribution >= 0.6 is 11.6 Å². The number of amides is 2. The Morgan fingerprint density at radius 1 is 1.05 bits per heavy atom. The maximum atomic E-state index is 14.6. The molecule has 38 heavy (non-hydrogen) atoms. The molecule has 11 heteroatoms. The van der Waals surface area contributed by atoms with Gasteiger partial charge in [-0.05, 0) is 29.8 Å². The van der Waals surface area contributed by atoms with Crippen LogP contribution in [0.25, 0.3) is 0 Å². The second-order valence-corrected chi connectivity index (χ2v) is 10.8. The predicted octanol–water partition coefficient (Wildman–Crippen LogP) is 3.64. The van der Waals surface area contributed by atoms with Gasteiger partial charge in [-0.1, -0.05) is 60.1 Å². The fourth-order valence-electron chi connectivity index (χ4n) is 3.95. The lowest BCUT2D eigenvalue weighted by molar-refractivity contribution is -0.139. The number of halogens is 2. The van der Waals surface area contributed by atoms with Crippen LogP contribution in [0.3, 0.4) is 0 Å². The van der Waals surface area contributed by atoms with Crippen molar-refractivity contribution in [3.63, 3.8) is 0 Å². The Balaban J connectivity index is 2.04. The number of carbonyl (C=O) groups excluding carboxylic acids is 2. The van der Waals surface area contributed by atoms with Gasteiger partial charge in [0.2, 0.25) is 21.8 Å². The number of likely N-dealkylation sites (N-methyl/N-ethyl adjacent to an activating group) is 1. The molecule has 1 unspecified atom stereocenters. The zero-order chi connectivity index (χ0) is 27.9. The summed E-state index contributed by atoms with van der Waals surface area (Å²) < 4.78 is 46.2. The Kier molecular flexibility index (Phi) is 9.71. The van der Waals surface area contributed by atoms with Crippen LogP contribution in [-0.4, -0.2) is 58.1 Å². The zero-order valence-corrected chi connectivity index (χ0v) is 22.8. The summed E-state index contributed by atoms with van der Waals surface area (Å²) >= 11 is 6.21. The summed E-state index contributed by atoms with van der Waals surface area (Å²) in [4.78, 5) is 28.1. The van der Waals surface area contributed by atoms with E-state index >= 15 is 0 Å².